The highest BCUT2D eigenvalue weighted by molar-refractivity contribution is 5.90. The topological polar surface area (TPSA) is 43.4 Å². The lowest BCUT2D eigenvalue weighted by Gasteiger charge is -2.12. The fraction of sp³-hybridized carbons (Fsp3) is 0.125. The highest BCUT2D eigenvalue weighted by atomic mass is 16.5. The molecule has 2 rings (SSSR count). The van der Waals surface area contributed by atoms with Gasteiger partial charge >= 0.3 is 5.97 Å². The van der Waals surface area contributed by atoms with E-state index in [0.717, 1.165) is 5.56 Å². The zero-order valence-electron chi connectivity index (χ0n) is 10.4. The Morgan fingerprint density at radius 3 is 2.16 bits per heavy atom. The van der Waals surface area contributed by atoms with Crippen LogP contribution < -0.4 is 0 Å². The molecular weight excluding hydrogens is 240 g/mol. The number of esters is 1. The van der Waals surface area contributed by atoms with E-state index in [-0.39, 0.29) is 0 Å². The Morgan fingerprint density at radius 2 is 1.58 bits per heavy atom. The summed E-state index contributed by atoms with van der Waals surface area (Å²) in [7, 11) is 0. The van der Waals surface area contributed by atoms with E-state index in [9.17, 15) is 9.59 Å². The van der Waals surface area contributed by atoms with Crippen LogP contribution in [0.25, 0.3) is 0 Å². The maximum Gasteiger partial charge on any atom is 0.338 e. The maximum atomic E-state index is 11.8. The summed E-state index contributed by atoms with van der Waals surface area (Å²) in [6.07, 6.45) is 0.298. The Labute approximate surface area is 111 Å². The first-order valence-electron chi connectivity index (χ1n) is 6.05. The minimum atomic E-state index is -0.755. The molecule has 2 aromatic carbocycles. The minimum absolute atomic E-state index is 0.392. The van der Waals surface area contributed by atoms with E-state index in [1.54, 1.807) is 24.3 Å². The number of hydrogen-bond donors (Lipinski definition) is 0. The van der Waals surface area contributed by atoms with Crippen LogP contribution in [0.2, 0.25) is 0 Å². The van der Waals surface area contributed by atoms with E-state index in [4.69, 9.17) is 4.74 Å². The van der Waals surface area contributed by atoms with E-state index in [1.165, 1.54) is 0 Å². The lowest BCUT2D eigenvalue weighted by atomic mass is 10.1. The number of rotatable bonds is 5. The minimum Gasteiger partial charge on any atom is -0.451 e. The van der Waals surface area contributed by atoms with Crippen LogP contribution in [0.1, 0.15) is 15.9 Å². The fourth-order valence-corrected chi connectivity index (χ4v) is 1.74. The molecule has 0 saturated carbocycles. The van der Waals surface area contributed by atoms with Gasteiger partial charge in [0.25, 0.3) is 0 Å². The van der Waals surface area contributed by atoms with Gasteiger partial charge < -0.3 is 4.74 Å². The molecule has 0 N–H and O–H groups in total. The van der Waals surface area contributed by atoms with Gasteiger partial charge in [-0.05, 0) is 17.7 Å². The third-order valence-corrected chi connectivity index (χ3v) is 2.70. The summed E-state index contributed by atoms with van der Waals surface area (Å²) < 4.78 is 5.18. The van der Waals surface area contributed by atoms with Crippen molar-refractivity contribution in [3.05, 3.63) is 71.8 Å². The molecule has 3 nitrogen and oxygen atoms in total. The number of carbonyl (C=O) groups excluding carboxylic acids is 2. The van der Waals surface area contributed by atoms with E-state index in [0.29, 0.717) is 18.3 Å². The van der Waals surface area contributed by atoms with Crippen molar-refractivity contribution in [2.24, 2.45) is 0 Å². The van der Waals surface area contributed by atoms with E-state index >= 15 is 0 Å². The van der Waals surface area contributed by atoms with E-state index in [2.05, 4.69) is 0 Å². The average molecular weight is 254 g/mol. The molecule has 19 heavy (non-hydrogen) atoms. The van der Waals surface area contributed by atoms with Crippen LogP contribution in [0.15, 0.2) is 60.7 Å². The quantitative estimate of drug-likeness (QED) is 0.608. The Kier molecular flexibility index (Phi) is 4.45. The first-order valence-corrected chi connectivity index (χ1v) is 6.05. The highest BCUT2D eigenvalue weighted by Crippen LogP contribution is 2.08. The van der Waals surface area contributed by atoms with E-state index < -0.39 is 12.1 Å². The van der Waals surface area contributed by atoms with Crippen molar-refractivity contribution in [1.29, 1.82) is 0 Å². The average Bonchev–Trinajstić information content (AvgIpc) is 2.48. The molecule has 0 bridgehead atoms. The first kappa shape index (κ1) is 13.0. The van der Waals surface area contributed by atoms with Gasteiger partial charge in [-0.15, -0.1) is 0 Å². The van der Waals surface area contributed by atoms with Crippen LogP contribution in [0.4, 0.5) is 0 Å². The molecule has 3 heteroatoms. The van der Waals surface area contributed by atoms with Crippen molar-refractivity contribution in [2.75, 3.05) is 0 Å². The van der Waals surface area contributed by atoms with Gasteiger partial charge in [0.1, 0.15) is 0 Å². The normalized spacial score (nSPS) is 11.6. The standard InChI is InChI=1S/C16H14O3/c17-12-15(11-13-7-3-1-4-8-13)19-16(18)14-9-5-2-6-10-14/h1-10,12,15H,11H2/t15-/m0/s1. The van der Waals surface area contributed by atoms with Crippen molar-refractivity contribution >= 4 is 12.3 Å². The summed E-state index contributed by atoms with van der Waals surface area (Å²) in [5, 5.41) is 0. The zero-order chi connectivity index (χ0) is 13.5. The predicted molar refractivity (Wildman–Crippen MR) is 71.9 cm³/mol. The smallest absolute Gasteiger partial charge is 0.338 e. The summed E-state index contributed by atoms with van der Waals surface area (Å²) in [4.78, 5) is 22.8. The molecule has 0 spiro atoms. The second-order valence-corrected chi connectivity index (χ2v) is 4.14. The monoisotopic (exact) mass is 254 g/mol. The van der Waals surface area contributed by atoms with Gasteiger partial charge in [-0.2, -0.15) is 0 Å². The van der Waals surface area contributed by atoms with Crippen molar-refractivity contribution < 1.29 is 14.3 Å². The third kappa shape index (κ3) is 3.78. The summed E-state index contributed by atoms with van der Waals surface area (Å²) in [5.74, 6) is -0.478. The van der Waals surface area contributed by atoms with Crippen molar-refractivity contribution in [2.45, 2.75) is 12.5 Å². The molecule has 0 saturated heterocycles. The van der Waals surface area contributed by atoms with Crippen LogP contribution in [-0.4, -0.2) is 18.4 Å². The van der Waals surface area contributed by atoms with E-state index in [1.807, 2.05) is 36.4 Å². The van der Waals surface area contributed by atoms with Crippen molar-refractivity contribution in [1.82, 2.24) is 0 Å². The number of aldehydes is 1. The van der Waals surface area contributed by atoms with Crippen LogP contribution in [0.3, 0.4) is 0 Å². The molecule has 0 aromatic heterocycles. The zero-order valence-corrected chi connectivity index (χ0v) is 10.4. The second-order valence-electron chi connectivity index (χ2n) is 4.14. The number of carbonyl (C=O) groups is 2. The molecule has 96 valence electrons. The van der Waals surface area contributed by atoms with Gasteiger partial charge in [0, 0.05) is 6.42 Å². The molecule has 0 aliphatic carbocycles. The van der Waals surface area contributed by atoms with Gasteiger partial charge in [0.05, 0.1) is 5.56 Å². The van der Waals surface area contributed by atoms with Crippen LogP contribution >= 0.6 is 0 Å². The SMILES string of the molecule is O=C[C@H](Cc1ccccc1)OC(=O)c1ccccc1. The molecule has 0 fully saturated rings. The van der Waals surface area contributed by atoms with Gasteiger partial charge in [-0.3, -0.25) is 4.79 Å². The van der Waals surface area contributed by atoms with Crippen LogP contribution in [0.5, 0.6) is 0 Å². The lowest BCUT2D eigenvalue weighted by Crippen LogP contribution is -2.22. The Hall–Kier alpha value is -2.42. The summed E-state index contributed by atoms with van der Waals surface area (Å²) in [6, 6.07) is 18.1. The first-order chi connectivity index (χ1) is 9.29. The number of ether oxygens (including phenoxy) is 1. The summed E-state index contributed by atoms with van der Waals surface area (Å²) in [6.45, 7) is 0. The van der Waals surface area contributed by atoms with Gasteiger partial charge in [-0.25, -0.2) is 4.79 Å². The molecule has 0 aliphatic rings. The lowest BCUT2D eigenvalue weighted by molar-refractivity contribution is -0.115. The molecule has 1 atom stereocenters. The van der Waals surface area contributed by atoms with Gasteiger partial charge in [0.2, 0.25) is 0 Å². The fourth-order valence-electron chi connectivity index (χ4n) is 1.74. The third-order valence-electron chi connectivity index (χ3n) is 2.70. The van der Waals surface area contributed by atoms with Crippen molar-refractivity contribution in [3.63, 3.8) is 0 Å². The van der Waals surface area contributed by atoms with Gasteiger partial charge in [-0.1, -0.05) is 48.5 Å². The molecule has 0 aliphatic heterocycles. The second kappa shape index (κ2) is 6.50. The predicted octanol–water partition coefficient (Wildman–Crippen LogP) is 2.65. The highest BCUT2D eigenvalue weighted by Gasteiger charge is 2.15. The van der Waals surface area contributed by atoms with Crippen LogP contribution in [-0.2, 0) is 16.0 Å². The van der Waals surface area contributed by atoms with Gasteiger partial charge in [0.15, 0.2) is 12.4 Å². The molecule has 0 unspecified atom stereocenters. The summed E-state index contributed by atoms with van der Waals surface area (Å²) >= 11 is 0. The Bertz CT molecular complexity index is 534. The molecule has 0 heterocycles. The largest absolute Gasteiger partial charge is 0.451 e. The molecule has 0 amide bonds. The molecular formula is C16H14O3. The van der Waals surface area contributed by atoms with Crippen LogP contribution in [0, 0.1) is 0 Å². The maximum absolute atomic E-state index is 11.8. The Balaban J connectivity index is 2.00. The number of hydrogen-bond acceptors (Lipinski definition) is 3. The molecule has 2 aromatic rings. The van der Waals surface area contributed by atoms with Crippen molar-refractivity contribution in [3.8, 4) is 0 Å². The number of benzene rings is 2. The Morgan fingerprint density at radius 1 is 1.00 bits per heavy atom. The molecule has 0 radical (unpaired) electrons. The summed E-state index contributed by atoms with van der Waals surface area (Å²) in [5.41, 5.74) is 1.41.